The van der Waals surface area contributed by atoms with Crippen molar-refractivity contribution < 1.29 is 9.53 Å². The van der Waals surface area contributed by atoms with Gasteiger partial charge in [0, 0.05) is 22.6 Å². The highest BCUT2D eigenvalue weighted by molar-refractivity contribution is 6.05. The van der Waals surface area contributed by atoms with Crippen LogP contribution in [0.3, 0.4) is 0 Å². The number of fused-ring (bicyclic) bond motifs is 1. The van der Waals surface area contributed by atoms with Crippen molar-refractivity contribution >= 4 is 16.9 Å². The first kappa shape index (κ1) is 21.6. The normalized spacial score (nSPS) is 17.6. The highest BCUT2D eigenvalue weighted by Gasteiger charge is 2.22. The van der Waals surface area contributed by atoms with Crippen LogP contribution in [0.1, 0.15) is 77.0 Å². The molecule has 0 radical (unpaired) electrons. The molecule has 1 fully saturated rings. The molecule has 0 spiro atoms. The summed E-state index contributed by atoms with van der Waals surface area (Å²) in [6.07, 6.45) is 5.74. The zero-order valence-corrected chi connectivity index (χ0v) is 19.2. The highest BCUT2D eigenvalue weighted by Crippen LogP contribution is 2.28. The molecule has 2 aromatic carbocycles. The number of nitrogens with one attached hydrogen (secondary N) is 2. The second kappa shape index (κ2) is 9.27. The first-order chi connectivity index (χ1) is 14.9. The van der Waals surface area contributed by atoms with Gasteiger partial charge in [0.1, 0.15) is 6.10 Å². The van der Waals surface area contributed by atoms with Crippen molar-refractivity contribution in [2.45, 2.75) is 71.9 Å². The zero-order valence-electron chi connectivity index (χ0n) is 19.2. The minimum absolute atomic E-state index is 0.262. The molecule has 0 bridgehead atoms. The molecule has 2 N–H and O–H groups in total. The number of H-pyrrole nitrogens is 1. The van der Waals surface area contributed by atoms with Gasteiger partial charge < -0.3 is 15.0 Å². The quantitative estimate of drug-likeness (QED) is 0.477. The van der Waals surface area contributed by atoms with E-state index in [1.807, 2.05) is 13.8 Å². The molecular weight excluding hydrogens is 384 g/mol. The lowest BCUT2D eigenvalue weighted by molar-refractivity contribution is 0.0338. The number of ether oxygens (including phenoxy) is 1. The third-order valence-electron chi connectivity index (χ3n) is 6.60. The van der Waals surface area contributed by atoms with Crippen molar-refractivity contribution in [1.29, 1.82) is 0 Å². The van der Waals surface area contributed by atoms with Crippen molar-refractivity contribution in [2.24, 2.45) is 0 Å². The third-order valence-corrected chi connectivity index (χ3v) is 6.60. The number of aryl methyl sites for hydroxylation is 4. The second-order valence-corrected chi connectivity index (χ2v) is 9.10. The first-order valence-corrected chi connectivity index (χ1v) is 11.5. The average Bonchev–Trinajstić information content (AvgIpc) is 3.07. The smallest absolute Gasteiger partial charge is 0.341 e. The minimum atomic E-state index is -0.294. The molecule has 4 rings (SSSR count). The van der Waals surface area contributed by atoms with Crippen molar-refractivity contribution in [3.8, 4) is 0 Å². The van der Waals surface area contributed by atoms with E-state index < -0.39 is 0 Å². The molecule has 31 heavy (non-hydrogen) atoms. The summed E-state index contributed by atoms with van der Waals surface area (Å²) in [6.45, 7) is 9.17. The summed E-state index contributed by atoms with van der Waals surface area (Å²) in [4.78, 5) is 16.5. The van der Waals surface area contributed by atoms with Gasteiger partial charge >= 0.3 is 5.97 Å². The fourth-order valence-electron chi connectivity index (χ4n) is 4.87. The van der Waals surface area contributed by atoms with Crippen LogP contribution in [0.15, 0.2) is 36.4 Å². The van der Waals surface area contributed by atoms with E-state index in [9.17, 15) is 4.79 Å². The summed E-state index contributed by atoms with van der Waals surface area (Å²) in [5, 5.41) is 4.59. The van der Waals surface area contributed by atoms with Gasteiger partial charge in [0.15, 0.2) is 0 Å². The average molecular weight is 419 g/mol. The van der Waals surface area contributed by atoms with E-state index in [0.29, 0.717) is 11.6 Å². The van der Waals surface area contributed by atoms with Gasteiger partial charge in [-0.2, -0.15) is 0 Å². The molecule has 2 unspecified atom stereocenters. The Hall–Kier alpha value is -2.59. The zero-order chi connectivity index (χ0) is 22.0. The summed E-state index contributed by atoms with van der Waals surface area (Å²) in [5.74, 6) is -0.262. The van der Waals surface area contributed by atoms with Gasteiger partial charge in [-0.1, -0.05) is 36.2 Å². The van der Waals surface area contributed by atoms with Crippen LogP contribution in [0, 0.1) is 20.8 Å². The lowest BCUT2D eigenvalue weighted by Gasteiger charge is -2.23. The Kier molecular flexibility index (Phi) is 6.47. The van der Waals surface area contributed by atoms with Gasteiger partial charge in [0.2, 0.25) is 0 Å². The van der Waals surface area contributed by atoms with E-state index in [-0.39, 0.29) is 12.1 Å². The summed E-state index contributed by atoms with van der Waals surface area (Å²) >= 11 is 0. The Balaban J connectivity index is 1.53. The molecule has 2 atom stereocenters. The molecule has 2 heterocycles. The van der Waals surface area contributed by atoms with Crippen LogP contribution < -0.4 is 5.32 Å². The number of hydrogen-bond donors (Lipinski definition) is 2. The number of carbonyl (C=O) groups is 1. The molecule has 0 amide bonds. The van der Waals surface area contributed by atoms with E-state index in [0.717, 1.165) is 47.1 Å². The van der Waals surface area contributed by atoms with Gasteiger partial charge in [0.25, 0.3) is 0 Å². The fourth-order valence-corrected chi connectivity index (χ4v) is 4.87. The lowest BCUT2D eigenvalue weighted by Crippen LogP contribution is -2.34. The van der Waals surface area contributed by atoms with Crippen LogP contribution >= 0.6 is 0 Å². The number of rotatable bonds is 6. The Morgan fingerprint density at radius 2 is 1.97 bits per heavy atom. The predicted octanol–water partition coefficient (Wildman–Crippen LogP) is 6.09. The SMILES string of the molecule is Cc1ccc(C(C)OC(=O)c2c(C)[nH]c3ccc(CCC4CCCCN4)cc23)c(C)c1. The lowest BCUT2D eigenvalue weighted by atomic mass is 9.97. The number of carbonyl (C=O) groups excluding carboxylic acids is 1. The molecule has 1 aromatic heterocycles. The Morgan fingerprint density at radius 3 is 2.71 bits per heavy atom. The van der Waals surface area contributed by atoms with Gasteiger partial charge in [0.05, 0.1) is 5.56 Å². The molecular formula is C27H34N2O2. The largest absolute Gasteiger partial charge is 0.454 e. The molecule has 0 aliphatic carbocycles. The van der Waals surface area contributed by atoms with Gasteiger partial charge in [-0.3, -0.25) is 0 Å². The third kappa shape index (κ3) is 4.85. The van der Waals surface area contributed by atoms with E-state index in [2.05, 4.69) is 60.5 Å². The number of hydrogen-bond acceptors (Lipinski definition) is 3. The summed E-state index contributed by atoms with van der Waals surface area (Å²) in [5.41, 5.74) is 7.19. The van der Waals surface area contributed by atoms with Crippen LogP contribution in [0.25, 0.3) is 10.9 Å². The van der Waals surface area contributed by atoms with Gasteiger partial charge in [-0.25, -0.2) is 4.79 Å². The number of benzene rings is 2. The van der Waals surface area contributed by atoms with Gasteiger partial charge in [-0.05, 0) is 88.7 Å². The summed E-state index contributed by atoms with van der Waals surface area (Å²) in [6, 6.07) is 13.3. The predicted molar refractivity (Wildman–Crippen MR) is 127 cm³/mol. The van der Waals surface area contributed by atoms with Crippen molar-refractivity contribution in [3.05, 3.63) is 69.9 Å². The standard InChI is InChI=1S/C27H34N2O2/c1-17-8-12-23(18(2)15-17)20(4)31-27(30)26-19(3)29-25-13-10-21(16-24(25)26)9-11-22-7-5-6-14-28-22/h8,10,12-13,15-16,20,22,28-29H,5-7,9,11,14H2,1-4H3. The van der Waals surface area contributed by atoms with Crippen LogP contribution in [0.4, 0.5) is 0 Å². The monoisotopic (exact) mass is 418 g/mol. The molecule has 164 valence electrons. The number of esters is 1. The van der Waals surface area contributed by atoms with Crippen molar-refractivity contribution in [2.75, 3.05) is 6.54 Å². The molecule has 3 aromatic rings. The van der Waals surface area contributed by atoms with Gasteiger partial charge in [-0.15, -0.1) is 0 Å². The van der Waals surface area contributed by atoms with Crippen LogP contribution in [-0.2, 0) is 11.2 Å². The maximum atomic E-state index is 13.2. The first-order valence-electron chi connectivity index (χ1n) is 11.5. The van der Waals surface area contributed by atoms with E-state index in [1.165, 1.54) is 30.4 Å². The Labute approximate surface area is 185 Å². The van der Waals surface area contributed by atoms with Crippen molar-refractivity contribution in [3.63, 3.8) is 0 Å². The second-order valence-electron chi connectivity index (χ2n) is 9.10. The van der Waals surface area contributed by atoms with Crippen LogP contribution in [0.5, 0.6) is 0 Å². The van der Waals surface area contributed by atoms with Crippen molar-refractivity contribution in [1.82, 2.24) is 10.3 Å². The Bertz CT molecular complexity index is 1080. The van der Waals surface area contributed by atoms with Crippen LogP contribution in [-0.4, -0.2) is 23.5 Å². The van der Waals surface area contributed by atoms with E-state index >= 15 is 0 Å². The molecule has 1 aliphatic rings. The number of piperidine rings is 1. The van der Waals surface area contributed by atoms with E-state index in [4.69, 9.17) is 4.74 Å². The van der Waals surface area contributed by atoms with E-state index in [1.54, 1.807) is 0 Å². The summed E-state index contributed by atoms with van der Waals surface area (Å²) < 4.78 is 5.92. The maximum absolute atomic E-state index is 13.2. The highest BCUT2D eigenvalue weighted by atomic mass is 16.5. The molecule has 4 heteroatoms. The molecule has 0 saturated carbocycles. The number of aromatic amines is 1. The maximum Gasteiger partial charge on any atom is 0.341 e. The molecule has 1 aliphatic heterocycles. The topological polar surface area (TPSA) is 54.1 Å². The number of aromatic nitrogens is 1. The molecule has 4 nitrogen and oxygen atoms in total. The fraction of sp³-hybridized carbons (Fsp3) is 0.444. The minimum Gasteiger partial charge on any atom is -0.454 e. The Morgan fingerprint density at radius 1 is 1.13 bits per heavy atom. The summed E-state index contributed by atoms with van der Waals surface area (Å²) in [7, 11) is 0. The van der Waals surface area contributed by atoms with Crippen LogP contribution in [0.2, 0.25) is 0 Å². The molecule has 1 saturated heterocycles.